The Kier molecular flexibility index (Phi) is 4.07. The van der Waals surface area contributed by atoms with E-state index in [2.05, 4.69) is 24.3 Å². The quantitative estimate of drug-likeness (QED) is 0.736. The number of ketones is 1. The van der Waals surface area contributed by atoms with Crippen LogP contribution in [0.25, 0.3) is 11.0 Å². The normalized spacial score (nSPS) is 17.5. The van der Waals surface area contributed by atoms with E-state index in [4.69, 9.17) is 5.41 Å². The largest absolute Gasteiger partial charge is 0.352 e. The fourth-order valence-corrected chi connectivity index (χ4v) is 3.96. The Labute approximate surface area is 153 Å². The minimum Gasteiger partial charge on any atom is -0.352 e. The molecule has 1 atom stereocenters. The molecule has 0 spiro atoms. The minimum atomic E-state index is -0.492. The Bertz CT molecular complexity index is 951. The maximum atomic E-state index is 12.8. The summed E-state index contributed by atoms with van der Waals surface area (Å²) in [6.45, 7) is 1.01. The van der Waals surface area contributed by atoms with E-state index < -0.39 is 5.92 Å². The molecule has 1 N–H and O–H groups in total. The summed E-state index contributed by atoms with van der Waals surface area (Å²) in [5.41, 5.74) is 3.38. The van der Waals surface area contributed by atoms with Crippen LogP contribution >= 0.6 is 0 Å². The number of Topliss-reactive ketones (excluding diaryl/α,β-unsaturated/α-hetero) is 1. The van der Waals surface area contributed by atoms with Crippen molar-refractivity contribution in [1.82, 2.24) is 9.47 Å². The number of nitrogens with one attached hydrogen (secondary N) is 1. The molecule has 3 aromatic rings. The molecule has 5 heteroatoms. The summed E-state index contributed by atoms with van der Waals surface area (Å²) in [6.07, 6.45) is 0.838. The lowest BCUT2D eigenvalue weighted by Gasteiger charge is -2.17. The smallest absolute Gasteiger partial charge is 0.275 e. The number of hydrogen-bond donors (Lipinski definition) is 1. The summed E-state index contributed by atoms with van der Waals surface area (Å²) >= 11 is 0. The number of hydrogen-bond acceptors (Lipinski definition) is 2. The van der Waals surface area contributed by atoms with Gasteiger partial charge in [-0.15, -0.1) is 0 Å². The SMILES string of the molecule is Cn1c(C2C(=N)N(CCc3ccccc3)CC2=O)[n+](C)c2ccccc21. The van der Waals surface area contributed by atoms with Gasteiger partial charge >= 0.3 is 0 Å². The van der Waals surface area contributed by atoms with Crippen LogP contribution in [0.5, 0.6) is 0 Å². The standard InChI is InChI=1S/C21H23N4O/c1-23-16-10-6-7-11-17(16)24(2)21(23)19-18(26)14-25(20(19)22)13-12-15-8-4-3-5-9-15/h3-11,19,22H,12-14H2,1-2H3/q+1. The van der Waals surface area contributed by atoms with Crippen LogP contribution in [-0.4, -0.2) is 34.2 Å². The van der Waals surface area contributed by atoms with Gasteiger partial charge in [-0.25, -0.2) is 9.13 Å². The van der Waals surface area contributed by atoms with Crippen molar-refractivity contribution in [1.29, 1.82) is 5.41 Å². The zero-order valence-electron chi connectivity index (χ0n) is 15.1. The summed E-state index contributed by atoms with van der Waals surface area (Å²) in [7, 11) is 3.95. The summed E-state index contributed by atoms with van der Waals surface area (Å²) < 4.78 is 4.10. The third-order valence-corrected chi connectivity index (χ3v) is 5.35. The summed E-state index contributed by atoms with van der Waals surface area (Å²) in [5.74, 6) is 0.897. The monoisotopic (exact) mass is 347 g/mol. The molecule has 0 aliphatic carbocycles. The molecule has 2 aromatic carbocycles. The molecule has 26 heavy (non-hydrogen) atoms. The lowest BCUT2D eigenvalue weighted by atomic mass is 10.1. The zero-order valence-corrected chi connectivity index (χ0v) is 15.1. The summed E-state index contributed by atoms with van der Waals surface area (Å²) in [4.78, 5) is 14.7. The topological polar surface area (TPSA) is 53.0 Å². The number of benzene rings is 2. The van der Waals surface area contributed by atoms with Gasteiger partial charge < -0.3 is 4.90 Å². The van der Waals surface area contributed by atoms with Gasteiger partial charge in [0, 0.05) is 6.54 Å². The van der Waals surface area contributed by atoms with Crippen LogP contribution in [0, 0.1) is 5.41 Å². The van der Waals surface area contributed by atoms with Crippen LogP contribution in [0.4, 0.5) is 0 Å². The second kappa shape index (κ2) is 6.41. The van der Waals surface area contributed by atoms with Crippen LogP contribution in [0.2, 0.25) is 0 Å². The highest BCUT2D eigenvalue weighted by Gasteiger charge is 2.44. The Morgan fingerprint density at radius 2 is 1.81 bits per heavy atom. The molecule has 0 saturated carbocycles. The third kappa shape index (κ3) is 2.60. The first-order valence-corrected chi connectivity index (χ1v) is 8.91. The molecule has 5 nitrogen and oxygen atoms in total. The molecule has 1 unspecified atom stereocenters. The average molecular weight is 347 g/mol. The van der Waals surface area contributed by atoms with Crippen molar-refractivity contribution in [3.05, 3.63) is 66.0 Å². The van der Waals surface area contributed by atoms with Gasteiger partial charge in [-0.05, 0) is 24.1 Å². The number of carbonyl (C=O) groups excluding carboxylic acids is 1. The lowest BCUT2D eigenvalue weighted by molar-refractivity contribution is -0.653. The predicted molar refractivity (Wildman–Crippen MR) is 101 cm³/mol. The van der Waals surface area contributed by atoms with Gasteiger partial charge in [-0.1, -0.05) is 42.5 Å². The van der Waals surface area contributed by atoms with Crippen molar-refractivity contribution in [3.8, 4) is 0 Å². The number of imidazole rings is 1. The summed E-state index contributed by atoms with van der Waals surface area (Å²) in [5, 5.41) is 8.64. The van der Waals surface area contributed by atoms with E-state index in [1.165, 1.54) is 5.56 Å². The van der Waals surface area contributed by atoms with Gasteiger partial charge in [0.25, 0.3) is 5.82 Å². The summed E-state index contributed by atoms with van der Waals surface area (Å²) in [6, 6.07) is 18.3. The van der Waals surface area contributed by atoms with Crippen LogP contribution in [0.15, 0.2) is 54.6 Å². The molecule has 1 aliphatic rings. The fraction of sp³-hybridized carbons (Fsp3) is 0.286. The first-order chi connectivity index (χ1) is 12.6. The number of aryl methyl sites for hydroxylation is 2. The van der Waals surface area contributed by atoms with Crippen molar-refractivity contribution in [2.45, 2.75) is 12.3 Å². The molecule has 0 bridgehead atoms. The van der Waals surface area contributed by atoms with Crippen molar-refractivity contribution >= 4 is 22.7 Å². The first-order valence-electron chi connectivity index (χ1n) is 8.91. The molecular weight excluding hydrogens is 324 g/mol. The Hall–Kier alpha value is -2.95. The van der Waals surface area contributed by atoms with E-state index >= 15 is 0 Å². The van der Waals surface area contributed by atoms with Crippen LogP contribution < -0.4 is 4.57 Å². The van der Waals surface area contributed by atoms with Crippen molar-refractivity contribution in [3.63, 3.8) is 0 Å². The van der Waals surface area contributed by atoms with Gasteiger partial charge in [0.1, 0.15) is 5.84 Å². The molecule has 2 heterocycles. The van der Waals surface area contributed by atoms with Gasteiger partial charge in [-0.2, -0.15) is 0 Å². The Balaban J connectivity index is 1.62. The fourth-order valence-electron chi connectivity index (χ4n) is 3.96. The van der Waals surface area contributed by atoms with E-state index in [9.17, 15) is 4.79 Å². The molecule has 132 valence electrons. The Morgan fingerprint density at radius 1 is 1.12 bits per heavy atom. The van der Waals surface area contributed by atoms with Gasteiger partial charge in [0.15, 0.2) is 22.7 Å². The molecule has 1 fully saturated rings. The van der Waals surface area contributed by atoms with Crippen molar-refractivity contribution < 1.29 is 9.36 Å². The van der Waals surface area contributed by atoms with Gasteiger partial charge in [0.2, 0.25) is 0 Å². The van der Waals surface area contributed by atoms with Crippen molar-refractivity contribution in [2.75, 3.05) is 13.1 Å². The lowest BCUT2D eigenvalue weighted by Crippen LogP contribution is -2.38. The Morgan fingerprint density at radius 3 is 2.54 bits per heavy atom. The van der Waals surface area contributed by atoms with Crippen molar-refractivity contribution in [2.24, 2.45) is 14.1 Å². The third-order valence-electron chi connectivity index (χ3n) is 5.35. The maximum absolute atomic E-state index is 12.8. The van der Waals surface area contributed by atoms with Crippen LogP contribution in [0.3, 0.4) is 0 Å². The molecule has 0 amide bonds. The number of amidine groups is 1. The number of para-hydroxylation sites is 2. The van der Waals surface area contributed by atoms with E-state index in [0.29, 0.717) is 18.9 Å². The highest BCUT2D eigenvalue weighted by Crippen LogP contribution is 2.27. The van der Waals surface area contributed by atoms with E-state index in [1.54, 1.807) is 0 Å². The molecule has 1 aromatic heterocycles. The second-order valence-electron chi connectivity index (χ2n) is 6.91. The molecule has 1 aliphatic heterocycles. The van der Waals surface area contributed by atoms with Gasteiger partial charge in [-0.3, -0.25) is 10.2 Å². The number of likely N-dealkylation sites (tertiary alicyclic amines) is 1. The van der Waals surface area contributed by atoms with E-state index in [-0.39, 0.29) is 5.78 Å². The van der Waals surface area contributed by atoms with E-state index in [0.717, 1.165) is 23.3 Å². The number of rotatable bonds is 4. The average Bonchev–Trinajstić information content (AvgIpc) is 3.08. The molecule has 0 radical (unpaired) electrons. The first kappa shape index (κ1) is 16.5. The maximum Gasteiger partial charge on any atom is 0.275 e. The number of fused-ring (bicyclic) bond motifs is 1. The number of aromatic nitrogens is 2. The molecule has 1 saturated heterocycles. The minimum absolute atomic E-state index is 0.101. The molecular formula is C21H23N4O+. The number of nitrogens with zero attached hydrogens (tertiary/aromatic N) is 3. The van der Waals surface area contributed by atoms with Crippen LogP contribution in [-0.2, 0) is 25.3 Å². The highest BCUT2D eigenvalue weighted by atomic mass is 16.1. The van der Waals surface area contributed by atoms with Gasteiger partial charge in [0.05, 0.1) is 20.6 Å². The highest BCUT2D eigenvalue weighted by molar-refractivity contribution is 6.13. The van der Waals surface area contributed by atoms with Crippen LogP contribution in [0.1, 0.15) is 17.3 Å². The predicted octanol–water partition coefficient (Wildman–Crippen LogP) is 2.19. The zero-order chi connectivity index (χ0) is 18.3. The van der Waals surface area contributed by atoms with E-state index in [1.807, 2.05) is 58.5 Å². The number of carbonyl (C=O) groups is 1. The molecule has 4 rings (SSSR count). The second-order valence-corrected chi connectivity index (χ2v) is 6.91.